The van der Waals surface area contributed by atoms with Gasteiger partial charge in [-0.25, -0.2) is 0 Å². The van der Waals surface area contributed by atoms with Crippen LogP contribution in [0.2, 0.25) is 0 Å². The highest BCUT2D eigenvalue weighted by Crippen LogP contribution is 2.21. The van der Waals surface area contributed by atoms with Crippen molar-refractivity contribution >= 4 is 11.8 Å². The summed E-state index contributed by atoms with van der Waals surface area (Å²) in [4.78, 5) is 26.1. The molecule has 0 aromatic heterocycles. The SMILES string of the molecule is CCOC(C)(C)CN1C(=O)C(C)NC(=O)C1C(C)C. The molecule has 1 fully saturated rings. The fraction of sp³-hybridized carbons (Fsp3) is 0.857. The van der Waals surface area contributed by atoms with Gasteiger partial charge in [-0.1, -0.05) is 13.8 Å². The first-order valence-electron chi connectivity index (χ1n) is 6.94. The molecule has 110 valence electrons. The van der Waals surface area contributed by atoms with Gasteiger partial charge >= 0.3 is 0 Å². The molecule has 5 heteroatoms. The van der Waals surface area contributed by atoms with Crippen molar-refractivity contribution in [3.8, 4) is 0 Å². The van der Waals surface area contributed by atoms with E-state index in [1.165, 1.54) is 0 Å². The average molecular weight is 270 g/mol. The summed E-state index contributed by atoms with van der Waals surface area (Å²) in [7, 11) is 0. The summed E-state index contributed by atoms with van der Waals surface area (Å²) < 4.78 is 5.65. The van der Waals surface area contributed by atoms with Crippen LogP contribution in [0.5, 0.6) is 0 Å². The van der Waals surface area contributed by atoms with E-state index in [1.54, 1.807) is 11.8 Å². The maximum atomic E-state index is 12.3. The number of rotatable bonds is 5. The molecule has 0 saturated carbocycles. The van der Waals surface area contributed by atoms with Crippen LogP contribution in [0.15, 0.2) is 0 Å². The van der Waals surface area contributed by atoms with E-state index in [0.29, 0.717) is 13.2 Å². The normalized spacial score (nSPS) is 24.9. The van der Waals surface area contributed by atoms with Gasteiger partial charge in [0.1, 0.15) is 12.1 Å². The summed E-state index contributed by atoms with van der Waals surface area (Å²) in [6, 6.07) is -0.872. The van der Waals surface area contributed by atoms with E-state index in [9.17, 15) is 9.59 Å². The second kappa shape index (κ2) is 5.90. The number of carbonyl (C=O) groups excluding carboxylic acids is 2. The van der Waals surface area contributed by atoms with Gasteiger partial charge in [0.2, 0.25) is 11.8 Å². The number of hydrogen-bond acceptors (Lipinski definition) is 3. The first-order valence-corrected chi connectivity index (χ1v) is 6.94. The van der Waals surface area contributed by atoms with E-state index >= 15 is 0 Å². The van der Waals surface area contributed by atoms with Crippen molar-refractivity contribution in [2.24, 2.45) is 5.92 Å². The third-order valence-electron chi connectivity index (χ3n) is 3.33. The Morgan fingerprint density at radius 3 is 2.42 bits per heavy atom. The molecule has 0 aromatic rings. The number of nitrogens with one attached hydrogen (secondary N) is 1. The molecular formula is C14H26N2O3. The number of hydrogen-bond donors (Lipinski definition) is 1. The molecule has 0 spiro atoms. The van der Waals surface area contributed by atoms with Gasteiger partial charge < -0.3 is 15.0 Å². The van der Waals surface area contributed by atoms with E-state index in [4.69, 9.17) is 4.74 Å². The van der Waals surface area contributed by atoms with Crippen LogP contribution in [-0.2, 0) is 14.3 Å². The summed E-state index contributed by atoms with van der Waals surface area (Å²) in [5, 5.41) is 2.74. The molecule has 1 N–H and O–H groups in total. The molecule has 0 aliphatic carbocycles. The Labute approximate surface area is 115 Å². The summed E-state index contributed by atoms with van der Waals surface area (Å²) in [6.07, 6.45) is 0. The van der Waals surface area contributed by atoms with E-state index in [2.05, 4.69) is 5.32 Å². The van der Waals surface area contributed by atoms with Gasteiger partial charge in [0.25, 0.3) is 0 Å². The Hall–Kier alpha value is -1.10. The number of piperazine rings is 1. The Kier molecular flexibility index (Phi) is 4.96. The first kappa shape index (κ1) is 16.0. The van der Waals surface area contributed by atoms with Crippen molar-refractivity contribution < 1.29 is 14.3 Å². The molecule has 1 aliphatic rings. The number of nitrogens with zero attached hydrogens (tertiary/aromatic N) is 1. The van der Waals surface area contributed by atoms with Crippen LogP contribution in [0.1, 0.15) is 41.5 Å². The van der Waals surface area contributed by atoms with E-state index in [0.717, 1.165) is 0 Å². The fourth-order valence-electron chi connectivity index (χ4n) is 2.57. The Morgan fingerprint density at radius 1 is 1.37 bits per heavy atom. The predicted molar refractivity (Wildman–Crippen MR) is 73.6 cm³/mol. The lowest BCUT2D eigenvalue weighted by Crippen LogP contribution is -2.66. The molecule has 2 atom stereocenters. The van der Waals surface area contributed by atoms with Crippen LogP contribution < -0.4 is 5.32 Å². The van der Waals surface area contributed by atoms with Crippen LogP contribution in [-0.4, -0.2) is 47.6 Å². The third kappa shape index (κ3) is 3.69. The van der Waals surface area contributed by atoms with Crippen molar-refractivity contribution in [1.82, 2.24) is 10.2 Å². The smallest absolute Gasteiger partial charge is 0.245 e. The average Bonchev–Trinajstić information content (AvgIpc) is 2.24. The predicted octanol–water partition coefficient (Wildman–Crippen LogP) is 1.17. The van der Waals surface area contributed by atoms with Gasteiger partial charge in [0, 0.05) is 6.61 Å². The van der Waals surface area contributed by atoms with E-state index < -0.39 is 17.7 Å². The number of amides is 2. The summed E-state index contributed by atoms with van der Waals surface area (Å²) in [5.74, 6) is -0.0330. The summed E-state index contributed by atoms with van der Waals surface area (Å²) in [6.45, 7) is 12.5. The van der Waals surface area contributed by atoms with Gasteiger partial charge in [-0.15, -0.1) is 0 Å². The molecule has 0 radical (unpaired) electrons. The topological polar surface area (TPSA) is 58.6 Å². The zero-order valence-electron chi connectivity index (χ0n) is 12.8. The van der Waals surface area contributed by atoms with Crippen molar-refractivity contribution in [1.29, 1.82) is 0 Å². The molecular weight excluding hydrogens is 244 g/mol. The Balaban J connectivity index is 2.96. The maximum absolute atomic E-state index is 12.3. The molecule has 1 rings (SSSR count). The quantitative estimate of drug-likeness (QED) is 0.816. The second-order valence-electron chi connectivity index (χ2n) is 6.08. The van der Waals surface area contributed by atoms with E-state index in [1.807, 2.05) is 34.6 Å². The maximum Gasteiger partial charge on any atom is 0.245 e. The molecule has 19 heavy (non-hydrogen) atoms. The van der Waals surface area contributed by atoms with Crippen LogP contribution >= 0.6 is 0 Å². The fourth-order valence-corrected chi connectivity index (χ4v) is 2.57. The standard InChI is InChI=1S/C14H26N2O3/c1-7-19-14(5,6)8-16-11(9(2)3)12(17)15-10(4)13(16)18/h9-11H,7-8H2,1-6H3,(H,15,17). The van der Waals surface area contributed by atoms with Crippen molar-refractivity contribution in [2.75, 3.05) is 13.2 Å². The molecule has 1 aliphatic heterocycles. The molecule has 1 saturated heterocycles. The minimum atomic E-state index is -0.458. The summed E-state index contributed by atoms with van der Waals surface area (Å²) >= 11 is 0. The minimum Gasteiger partial charge on any atom is -0.374 e. The minimum absolute atomic E-state index is 0.0360. The largest absolute Gasteiger partial charge is 0.374 e. The van der Waals surface area contributed by atoms with Gasteiger partial charge in [0.15, 0.2) is 0 Å². The van der Waals surface area contributed by atoms with Crippen LogP contribution in [0, 0.1) is 5.92 Å². The highest BCUT2D eigenvalue weighted by atomic mass is 16.5. The third-order valence-corrected chi connectivity index (χ3v) is 3.33. The highest BCUT2D eigenvalue weighted by molar-refractivity contribution is 5.96. The van der Waals surface area contributed by atoms with Crippen molar-refractivity contribution in [2.45, 2.75) is 59.2 Å². The van der Waals surface area contributed by atoms with Gasteiger partial charge in [-0.05, 0) is 33.6 Å². The van der Waals surface area contributed by atoms with Crippen LogP contribution in [0.4, 0.5) is 0 Å². The zero-order chi connectivity index (χ0) is 14.8. The molecule has 2 unspecified atom stereocenters. The molecule has 1 heterocycles. The lowest BCUT2D eigenvalue weighted by Gasteiger charge is -2.43. The van der Waals surface area contributed by atoms with Crippen LogP contribution in [0.25, 0.3) is 0 Å². The first-order chi connectivity index (χ1) is 8.69. The van der Waals surface area contributed by atoms with Crippen molar-refractivity contribution in [3.63, 3.8) is 0 Å². The second-order valence-corrected chi connectivity index (χ2v) is 6.08. The van der Waals surface area contributed by atoms with Crippen molar-refractivity contribution in [3.05, 3.63) is 0 Å². The molecule has 2 amide bonds. The van der Waals surface area contributed by atoms with Gasteiger partial charge in [-0.3, -0.25) is 9.59 Å². The number of carbonyl (C=O) groups is 2. The monoisotopic (exact) mass is 270 g/mol. The number of ether oxygens (including phenoxy) is 1. The van der Waals surface area contributed by atoms with Gasteiger partial charge in [0.05, 0.1) is 12.1 Å². The Morgan fingerprint density at radius 2 is 1.95 bits per heavy atom. The highest BCUT2D eigenvalue weighted by Gasteiger charge is 2.42. The van der Waals surface area contributed by atoms with Crippen LogP contribution in [0.3, 0.4) is 0 Å². The molecule has 0 bridgehead atoms. The van der Waals surface area contributed by atoms with E-state index in [-0.39, 0.29) is 17.7 Å². The molecule has 0 aromatic carbocycles. The summed E-state index contributed by atoms with van der Waals surface area (Å²) in [5.41, 5.74) is -0.450. The van der Waals surface area contributed by atoms with Gasteiger partial charge in [-0.2, -0.15) is 0 Å². The zero-order valence-corrected chi connectivity index (χ0v) is 12.8. The lowest BCUT2D eigenvalue weighted by molar-refractivity contribution is -0.155. The molecule has 5 nitrogen and oxygen atoms in total. The lowest BCUT2D eigenvalue weighted by atomic mass is 9.95. The Bertz CT molecular complexity index is 353.